The van der Waals surface area contributed by atoms with Gasteiger partial charge in [-0.1, -0.05) is 18.2 Å². The number of amides is 3. The second-order valence-corrected chi connectivity index (χ2v) is 8.81. The minimum Gasteiger partial charge on any atom is -0.370 e. The molecule has 0 saturated carbocycles. The minimum atomic E-state index is -0.321. The largest absolute Gasteiger partial charge is 0.370 e. The van der Waals surface area contributed by atoms with Crippen LogP contribution in [-0.2, 0) is 0 Å². The molecule has 0 atom stereocenters. The van der Waals surface area contributed by atoms with Gasteiger partial charge < -0.3 is 20.0 Å². The second kappa shape index (κ2) is 9.03. The van der Waals surface area contributed by atoms with Gasteiger partial charge in [-0.3, -0.25) is 9.78 Å². The summed E-state index contributed by atoms with van der Waals surface area (Å²) in [5.41, 5.74) is 2.04. The zero-order valence-electron chi connectivity index (χ0n) is 18.8. The number of rotatable bonds is 3. The molecule has 2 saturated heterocycles. The quantitative estimate of drug-likeness (QED) is 0.802. The molecule has 8 heteroatoms. The third kappa shape index (κ3) is 4.20. The first-order chi connectivity index (χ1) is 15.5. The van der Waals surface area contributed by atoms with Crippen molar-refractivity contribution >= 4 is 28.5 Å². The van der Waals surface area contributed by atoms with Crippen LogP contribution in [0.1, 0.15) is 37.0 Å². The predicted octanol–water partition coefficient (Wildman–Crippen LogP) is 2.85. The molecule has 1 N–H and O–H groups in total. The Labute approximate surface area is 188 Å². The first-order valence-electron chi connectivity index (χ1n) is 11.3. The number of anilines is 1. The number of piperazine rings is 1. The lowest BCUT2D eigenvalue weighted by atomic mass is 9.81. The van der Waals surface area contributed by atoms with E-state index < -0.39 is 0 Å². The van der Waals surface area contributed by atoms with Crippen molar-refractivity contribution in [3.05, 3.63) is 36.0 Å². The monoisotopic (exact) mass is 434 g/mol. The number of nitriles is 1. The highest BCUT2D eigenvalue weighted by Gasteiger charge is 2.33. The summed E-state index contributed by atoms with van der Waals surface area (Å²) in [6.45, 7) is 7.96. The molecule has 168 valence electrons. The molecule has 3 heterocycles. The third-order valence-corrected chi connectivity index (χ3v) is 6.61. The number of carbonyl (C=O) groups excluding carboxylic acids is 2. The van der Waals surface area contributed by atoms with Gasteiger partial charge in [0.1, 0.15) is 0 Å². The maximum absolute atomic E-state index is 13.6. The van der Waals surface area contributed by atoms with E-state index >= 15 is 0 Å². The Morgan fingerprint density at radius 2 is 1.75 bits per heavy atom. The number of piperidine rings is 1. The number of urea groups is 1. The molecule has 8 nitrogen and oxygen atoms in total. The van der Waals surface area contributed by atoms with Crippen LogP contribution in [0.25, 0.3) is 10.9 Å². The first-order valence-corrected chi connectivity index (χ1v) is 11.3. The van der Waals surface area contributed by atoms with Crippen LogP contribution in [0.15, 0.2) is 30.5 Å². The lowest BCUT2D eigenvalue weighted by molar-refractivity contribution is 0.0665. The van der Waals surface area contributed by atoms with E-state index in [2.05, 4.69) is 21.3 Å². The summed E-state index contributed by atoms with van der Waals surface area (Å²) in [5.74, 6) is -0.0533. The Kier molecular flexibility index (Phi) is 6.17. The molecule has 3 amide bonds. The fourth-order valence-corrected chi connectivity index (χ4v) is 4.51. The van der Waals surface area contributed by atoms with Crippen LogP contribution in [0.5, 0.6) is 0 Å². The topological polar surface area (TPSA) is 92.6 Å². The van der Waals surface area contributed by atoms with Crippen LogP contribution < -0.4 is 10.2 Å². The van der Waals surface area contributed by atoms with E-state index in [4.69, 9.17) is 0 Å². The summed E-state index contributed by atoms with van der Waals surface area (Å²) in [6, 6.07) is 10.3. The van der Waals surface area contributed by atoms with Gasteiger partial charge >= 0.3 is 6.03 Å². The van der Waals surface area contributed by atoms with Gasteiger partial charge in [-0.2, -0.15) is 5.26 Å². The van der Waals surface area contributed by atoms with Gasteiger partial charge in [-0.25, -0.2) is 4.79 Å². The summed E-state index contributed by atoms with van der Waals surface area (Å²) in [5, 5.41) is 13.3. The van der Waals surface area contributed by atoms with E-state index in [1.807, 2.05) is 43.0 Å². The molecule has 1 aromatic carbocycles. The maximum atomic E-state index is 13.6. The Bertz CT molecular complexity index is 1050. The van der Waals surface area contributed by atoms with Gasteiger partial charge in [0.05, 0.1) is 28.3 Å². The molecule has 0 unspecified atom stereocenters. The van der Waals surface area contributed by atoms with Crippen molar-refractivity contribution < 1.29 is 9.59 Å². The standard InChI is InChI=1S/C24H30N6O2/c1-3-26-23(32)30-14-12-29(13-15-30)22(31)19-16-27-20-7-5-4-6-18(20)21(19)28-10-8-24(2,17-25)9-11-28/h4-7,16H,3,8-15H2,1-2H3,(H,26,32). The normalized spacial score (nSPS) is 18.3. The number of nitrogens with zero attached hydrogens (tertiary/aromatic N) is 5. The van der Waals surface area contributed by atoms with E-state index in [1.54, 1.807) is 11.1 Å². The number of hydrogen-bond acceptors (Lipinski definition) is 5. The van der Waals surface area contributed by atoms with Crippen molar-refractivity contribution in [2.75, 3.05) is 50.7 Å². The molecule has 2 fully saturated rings. The highest BCUT2D eigenvalue weighted by molar-refractivity contribution is 6.07. The third-order valence-electron chi connectivity index (χ3n) is 6.61. The predicted molar refractivity (Wildman–Crippen MR) is 123 cm³/mol. The fraction of sp³-hybridized carbons (Fsp3) is 0.500. The van der Waals surface area contributed by atoms with Gasteiger partial charge in [-0.15, -0.1) is 0 Å². The molecule has 0 bridgehead atoms. The summed E-state index contributed by atoms with van der Waals surface area (Å²) in [6.07, 6.45) is 3.21. The number of benzene rings is 1. The molecule has 2 aromatic rings. The van der Waals surface area contributed by atoms with E-state index in [9.17, 15) is 14.9 Å². The Morgan fingerprint density at radius 1 is 1.09 bits per heavy atom. The van der Waals surface area contributed by atoms with Crippen molar-refractivity contribution in [1.29, 1.82) is 5.26 Å². The average Bonchev–Trinajstić information content (AvgIpc) is 2.84. The zero-order chi connectivity index (χ0) is 22.7. The van der Waals surface area contributed by atoms with E-state index in [0.29, 0.717) is 38.3 Å². The number of carbonyl (C=O) groups is 2. The van der Waals surface area contributed by atoms with Crippen molar-refractivity contribution in [2.45, 2.75) is 26.7 Å². The van der Waals surface area contributed by atoms with Gasteiger partial charge in [-0.05, 0) is 32.8 Å². The van der Waals surface area contributed by atoms with Crippen LogP contribution >= 0.6 is 0 Å². The number of aromatic nitrogens is 1. The molecule has 0 aliphatic carbocycles. The highest BCUT2D eigenvalue weighted by atomic mass is 16.2. The number of fused-ring (bicyclic) bond motifs is 1. The minimum absolute atomic E-state index is 0.0533. The molecule has 2 aliphatic rings. The Morgan fingerprint density at radius 3 is 2.41 bits per heavy atom. The van der Waals surface area contributed by atoms with E-state index in [1.165, 1.54) is 0 Å². The van der Waals surface area contributed by atoms with Crippen LogP contribution in [0.3, 0.4) is 0 Å². The summed E-state index contributed by atoms with van der Waals surface area (Å²) in [7, 11) is 0. The molecule has 2 aliphatic heterocycles. The lowest BCUT2D eigenvalue weighted by Gasteiger charge is -2.39. The number of para-hydroxylation sites is 1. The second-order valence-electron chi connectivity index (χ2n) is 8.81. The summed E-state index contributed by atoms with van der Waals surface area (Å²) >= 11 is 0. The Balaban J connectivity index is 1.61. The number of hydrogen-bond donors (Lipinski definition) is 1. The number of pyridine rings is 1. The molecule has 0 spiro atoms. The number of nitrogens with one attached hydrogen (secondary N) is 1. The van der Waals surface area contributed by atoms with Crippen molar-refractivity contribution in [3.63, 3.8) is 0 Å². The average molecular weight is 435 g/mol. The molecular formula is C24H30N6O2. The molecule has 1 aromatic heterocycles. The zero-order valence-corrected chi connectivity index (χ0v) is 18.8. The molecule has 4 rings (SSSR count). The van der Waals surface area contributed by atoms with Gasteiger partial charge in [0.15, 0.2) is 0 Å². The van der Waals surface area contributed by atoms with Crippen molar-refractivity contribution in [2.24, 2.45) is 5.41 Å². The van der Waals surface area contributed by atoms with Crippen LogP contribution in [-0.4, -0.2) is 72.5 Å². The van der Waals surface area contributed by atoms with Gasteiger partial charge in [0.2, 0.25) is 0 Å². The maximum Gasteiger partial charge on any atom is 0.317 e. The summed E-state index contributed by atoms with van der Waals surface area (Å²) in [4.78, 5) is 36.0. The fourth-order valence-electron chi connectivity index (χ4n) is 4.51. The SMILES string of the molecule is CCNC(=O)N1CCN(C(=O)c2cnc3ccccc3c2N2CCC(C)(C#N)CC2)CC1. The Hall–Kier alpha value is -3.34. The molecule has 32 heavy (non-hydrogen) atoms. The molecular weight excluding hydrogens is 404 g/mol. The van der Waals surface area contributed by atoms with Crippen LogP contribution in [0.4, 0.5) is 10.5 Å². The van der Waals surface area contributed by atoms with Crippen LogP contribution in [0, 0.1) is 16.7 Å². The van der Waals surface area contributed by atoms with E-state index in [0.717, 1.165) is 42.5 Å². The first kappa shape index (κ1) is 21.9. The van der Waals surface area contributed by atoms with Crippen molar-refractivity contribution in [3.8, 4) is 6.07 Å². The lowest BCUT2D eigenvalue weighted by Crippen LogP contribution is -2.53. The van der Waals surface area contributed by atoms with E-state index in [-0.39, 0.29) is 17.4 Å². The van der Waals surface area contributed by atoms with Crippen LogP contribution in [0.2, 0.25) is 0 Å². The molecule has 0 radical (unpaired) electrons. The van der Waals surface area contributed by atoms with Gasteiger partial charge in [0.25, 0.3) is 5.91 Å². The smallest absolute Gasteiger partial charge is 0.317 e. The van der Waals surface area contributed by atoms with Crippen molar-refractivity contribution in [1.82, 2.24) is 20.1 Å². The van der Waals surface area contributed by atoms with Gasteiger partial charge in [0, 0.05) is 57.4 Å². The highest BCUT2D eigenvalue weighted by Crippen LogP contribution is 2.37. The summed E-state index contributed by atoms with van der Waals surface area (Å²) < 4.78 is 0.